The minimum atomic E-state index is -0.409. The monoisotopic (exact) mass is 321 g/mol. The molecule has 0 radical (unpaired) electrons. The van der Waals surface area contributed by atoms with Crippen molar-refractivity contribution in [1.82, 2.24) is 15.2 Å². The molecule has 0 spiro atoms. The number of nitrogens with zero attached hydrogens (tertiary/aromatic N) is 3. The summed E-state index contributed by atoms with van der Waals surface area (Å²) in [6.07, 6.45) is 3.39. The molecule has 4 rings (SSSR count). The summed E-state index contributed by atoms with van der Waals surface area (Å²) in [6, 6.07) is 11.1. The Kier molecular flexibility index (Phi) is 3.45. The van der Waals surface area contributed by atoms with Gasteiger partial charge in [0.2, 0.25) is 11.8 Å². The summed E-state index contributed by atoms with van der Waals surface area (Å²) in [5.74, 6) is -0.113. The first kappa shape index (κ1) is 14.4. The highest BCUT2D eigenvalue weighted by Gasteiger charge is 2.36. The Hall–Kier alpha value is -3.22. The van der Waals surface area contributed by atoms with Gasteiger partial charge in [-0.1, -0.05) is 12.1 Å². The van der Waals surface area contributed by atoms with Gasteiger partial charge >= 0.3 is 0 Å². The van der Waals surface area contributed by atoms with Crippen molar-refractivity contribution in [1.29, 1.82) is 0 Å². The van der Waals surface area contributed by atoms with E-state index in [1.54, 1.807) is 29.4 Å². The summed E-state index contributed by atoms with van der Waals surface area (Å²) in [5, 5.41) is 10.8. The summed E-state index contributed by atoms with van der Waals surface area (Å²) in [4.78, 5) is 30.3. The van der Waals surface area contributed by atoms with Gasteiger partial charge in [-0.15, -0.1) is 0 Å². The molecule has 3 heterocycles. The van der Waals surface area contributed by atoms with E-state index in [0.29, 0.717) is 18.1 Å². The van der Waals surface area contributed by atoms with Crippen LogP contribution in [0.1, 0.15) is 6.42 Å². The zero-order valence-electron chi connectivity index (χ0n) is 12.8. The molecule has 3 aromatic rings. The Morgan fingerprint density at radius 2 is 2.12 bits per heavy atom. The van der Waals surface area contributed by atoms with Gasteiger partial charge < -0.3 is 5.32 Å². The second-order valence-corrected chi connectivity index (χ2v) is 5.73. The van der Waals surface area contributed by atoms with Gasteiger partial charge in [0.25, 0.3) is 0 Å². The molecule has 0 bridgehead atoms. The molecule has 2 amide bonds. The van der Waals surface area contributed by atoms with Crippen LogP contribution in [0.25, 0.3) is 10.9 Å². The lowest BCUT2D eigenvalue weighted by Crippen LogP contribution is -2.28. The van der Waals surface area contributed by atoms with Crippen LogP contribution in [0.15, 0.2) is 48.8 Å². The maximum absolute atomic E-state index is 12.4. The highest BCUT2D eigenvalue weighted by atomic mass is 16.2. The first-order valence-corrected chi connectivity index (χ1v) is 7.67. The third-order valence-electron chi connectivity index (χ3n) is 4.13. The van der Waals surface area contributed by atoms with Crippen LogP contribution in [0.4, 0.5) is 11.5 Å². The van der Waals surface area contributed by atoms with Crippen molar-refractivity contribution in [2.45, 2.75) is 6.42 Å². The Balaban J connectivity index is 1.54. The van der Waals surface area contributed by atoms with E-state index < -0.39 is 5.92 Å². The van der Waals surface area contributed by atoms with Gasteiger partial charge in [0.05, 0.1) is 23.3 Å². The van der Waals surface area contributed by atoms with E-state index in [-0.39, 0.29) is 18.2 Å². The number of carbonyl (C=O) groups excluding carboxylic acids is 2. The molecule has 2 aromatic heterocycles. The Labute approximate surface area is 137 Å². The van der Waals surface area contributed by atoms with E-state index in [9.17, 15) is 9.59 Å². The van der Waals surface area contributed by atoms with Crippen molar-refractivity contribution in [2.24, 2.45) is 5.92 Å². The summed E-state index contributed by atoms with van der Waals surface area (Å²) in [7, 11) is 0. The lowest BCUT2D eigenvalue weighted by atomic mass is 10.1. The van der Waals surface area contributed by atoms with Crippen molar-refractivity contribution in [3.05, 3.63) is 48.8 Å². The fourth-order valence-corrected chi connectivity index (χ4v) is 2.92. The second kappa shape index (κ2) is 5.77. The molecule has 1 fully saturated rings. The quantitative estimate of drug-likeness (QED) is 0.771. The molecular formula is C17H15N5O2. The van der Waals surface area contributed by atoms with Crippen LogP contribution >= 0.6 is 0 Å². The number of carbonyl (C=O) groups is 2. The van der Waals surface area contributed by atoms with Crippen molar-refractivity contribution in [3.63, 3.8) is 0 Å². The number of benzene rings is 1. The zero-order valence-corrected chi connectivity index (χ0v) is 12.8. The van der Waals surface area contributed by atoms with Gasteiger partial charge in [-0.25, -0.2) is 0 Å². The van der Waals surface area contributed by atoms with Gasteiger partial charge in [-0.2, -0.15) is 5.10 Å². The van der Waals surface area contributed by atoms with Crippen molar-refractivity contribution in [2.75, 3.05) is 16.8 Å². The molecule has 7 nitrogen and oxygen atoms in total. The van der Waals surface area contributed by atoms with E-state index in [4.69, 9.17) is 0 Å². The number of H-pyrrole nitrogens is 1. The minimum absolute atomic E-state index is 0.0985. The summed E-state index contributed by atoms with van der Waals surface area (Å²) >= 11 is 0. The number of fused-ring (bicyclic) bond motifs is 1. The number of pyridine rings is 1. The molecule has 24 heavy (non-hydrogen) atoms. The largest absolute Gasteiger partial charge is 0.324 e. The Morgan fingerprint density at radius 3 is 2.96 bits per heavy atom. The fraction of sp³-hybridized carbons (Fsp3) is 0.176. The summed E-state index contributed by atoms with van der Waals surface area (Å²) < 4.78 is 0. The molecule has 1 unspecified atom stereocenters. The van der Waals surface area contributed by atoms with Crippen LogP contribution in [0, 0.1) is 5.92 Å². The van der Waals surface area contributed by atoms with Crippen molar-refractivity contribution < 1.29 is 9.59 Å². The molecule has 7 heteroatoms. The molecule has 0 aliphatic carbocycles. The predicted octanol–water partition coefficient (Wildman–Crippen LogP) is 1.95. The molecule has 2 N–H and O–H groups in total. The lowest BCUT2D eigenvalue weighted by Gasteiger charge is -2.14. The van der Waals surface area contributed by atoms with Crippen LogP contribution in [-0.2, 0) is 9.59 Å². The van der Waals surface area contributed by atoms with Crippen molar-refractivity contribution >= 4 is 34.2 Å². The van der Waals surface area contributed by atoms with Crippen LogP contribution in [0.3, 0.4) is 0 Å². The van der Waals surface area contributed by atoms with Gasteiger partial charge in [-0.3, -0.25) is 24.6 Å². The highest BCUT2D eigenvalue weighted by Crippen LogP contribution is 2.30. The third-order valence-corrected chi connectivity index (χ3v) is 4.13. The molecule has 120 valence electrons. The first-order chi connectivity index (χ1) is 11.7. The number of para-hydroxylation sites is 1. The topological polar surface area (TPSA) is 91.0 Å². The van der Waals surface area contributed by atoms with Crippen LogP contribution in [-0.4, -0.2) is 33.5 Å². The molecule has 1 aliphatic rings. The Morgan fingerprint density at radius 1 is 1.25 bits per heavy atom. The lowest BCUT2D eigenvalue weighted by molar-refractivity contribution is -0.122. The smallest absolute Gasteiger partial charge is 0.229 e. The Bertz CT molecular complexity index is 905. The zero-order chi connectivity index (χ0) is 16.5. The maximum Gasteiger partial charge on any atom is 0.229 e. The number of hydrogen-bond acceptors (Lipinski definition) is 4. The molecule has 0 saturated carbocycles. The second-order valence-electron chi connectivity index (χ2n) is 5.73. The normalized spacial score (nSPS) is 17.4. The number of anilines is 2. The molecule has 1 aromatic carbocycles. The first-order valence-electron chi connectivity index (χ1n) is 7.67. The van der Waals surface area contributed by atoms with Crippen LogP contribution in [0.2, 0.25) is 0 Å². The molecule has 1 saturated heterocycles. The summed E-state index contributed by atoms with van der Waals surface area (Å²) in [5.41, 5.74) is 1.49. The van der Waals surface area contributed by atoms with Gasteiger partial charge in [-0.05, 0) is 24.3 Å². The highest BCUT2D eigenvalue weighted by molar-refractivity contribution is 6.06. The van der Waals surface area contributed by atoms with E-state index in [1.807, 2.05) is 24.3 Å². The van der Waals surface area contributed by atoms with E-state index in [1.165, 1.54) is 0 Å². The van der Waals surface area contributed by atoms with Gasteiger partial charge in [0.1, 0.15) is 0 Å². The van der Waals surface area contributed by atoms with E-state index >= 15 is 0 Å². The third kappa shape index (κ3) is 2.50. The van der Waals surface area contributed by atoms with Gasteiger partial charge in [0, 0.05) is 24.5 Å². The van der Waals surface area contributed by atoms with Crippen LogP contribution < -0.4 is 10.2 Å². The number of hydrogen-bond donors (Lipinski definition) is 2. The summed E-state index contributed by atoms with van der Waals surface area (Å²) in [6.45, 7) is 0.319. The molecule has 1 atom stereocenters. The maximum atomic E-state index is 12.4. The van der Waals surface area contributed by atoms with E-state index in [0.717, 1.165) is 10.9 Å². The number of aromatic amines is 1. The molecular weight excluding hydrogens is 306 g/mol. The number of amides is 2. The number of nitrogens with one attached hydrogen (secondary N) is 2. The van der Waals surface area contributed by atoms with Crippen LogP contribution in [0.5, 0.6) is 0 Å². The standard InChI is InChI=1S/C17H15N5O2/c23-15-8-11(17(24)19-12-4-3-7-18-9-12)10-22(15)16-13-5-1-2-6-14(13)20-21-16/h1-7,9,11H,8,10H2,(H,19,24)(H,20,21). The number of rotatable bonds is 3. The number of aromatic nitrogens is 3. The van der Waals surface area contributed by atoms with Crippen molar-refractivity contribution in [3.8, 4) is 0 Å². The molecule has 1 aliphatic heterocycles. The fourth-order valence-electron chi connectivity index (χ4n) is 2.92. The SMILES string of the molecule is O=C(Nc1cccnc1)C1CC(=O)N(c2n[nH]c3ccccc23)C1. The average molecular weight is 321 g/mol. The van der Waals surface area contributed by atoms with E-state index in [2.05, 4.69) is 20.5 Å². The van der Waals surface area contributed by atoms with Gasteiger partial charge in [0.15, 0.2) is 5.82 Å². The predicted molar refractivity (Wildman–Crippen MR) is 89.4 cm³/mol. The average Bonchev–Trinajstić information content (AvgIpc) is 3.19. The minimum Gasteiger partial charge on any atom is -0.324 e.